The van der Waals surface area contributed by atoms with Crippen LogP contribution in [-0.2, 0) is 11.4 Å². The zero-order chi connectivity index (χ0) is 22.7. The van der Waals surface area contributed by atoms with Gasteiger partial charge in [-0.15, -0.1) is 0 Å². The quantitative estimate of drug-likeness (QED) is 0.456. The predicted octanol–water partition coefficient (Wildman–Crippen LogP) is 5.87. The Balaban J connectivity index is 1.54. The van der Waals surface area contributed by atoms with Crippen LogP contribution in [0.5, 0.6) is 17.2 Å². The van der Waals surface area contributed by atoms with Gasteiger partial charge in [0.2, 0.25) is 0 Å². The third-order valence-electron chi connectivity index (χ3n) is 4.71. The first-order chi connectivity index (χ1) is 15.5. The lowest BCUT2D eigenvalue weighted by Gasteiger charge is -2.13. The molecule has 0 atom stereocenters. The first kappa shape index (κ1) is 21.8. The van der Waals surface area contributed by atoms with Gasteiger partial charge >= 0.3 is 0 Å². The van der Waals surface area contributed by atoms with Crippen molar-refractivity contribution in [3.8, 4) is 17.2 Å². The zero-order valence-corrected chi connectivity index (χ0v) is 18.5. The van der Waals surface area contributed by atoms with Crippen molar-refractivity contribution in [2.24, 2.45) is 0 Å². The number of aromatic hydroxyl groups is 1. The monoisotopic (exact) mass is 467 g/mol. The standard InChI is InChI=1S/C24H18ClNO5S/c1-30-21-11-15(9-10-20(21)31-14-16-5-2-3-8-19(16)25)12-22-23(28)26(24(29)32-22)17-6-4-7-18(27)13-17/h2-13,27H,14H2,1H3/b22-12-. The number of carbonyl (C=O) groups is 2. The second-order valence-corrected chi connectivity index (χ2v) is 8.23. The molecular formula is C24H18ClNO5S. The van der Waals surface area contributed by atoms with Gasteiger partial charge in [-0.1, -0.05) is 41.9 Å². The van der Waals surface area contributed by atoms with Crippen molar-refractivity contribution < 1.29 is 24.2 Å². The maximum atomic E-state index is 12.8. The predicted molar refractivity (Wildman–Crippen MR) is 125 cm³/mol. The minimum absolute atomic E-state index is 0.0253. The Bertz CT molecular complexity index is 1230. The van der Waals surface area contributed by atoms with E-state index in [1.165, 1.54) is 19.2 Å². The zero-order valence-electron chi connectivity index (χ0n) is 16.9. The molecule has 162 valence electrons. The first-order valence-corrected chi connectivity index (χ1v) is 10.8. The highest BCUT2D eigenvalue weighted by Gasteiger charge is 2.36. The van der Waals surface area contributed by atoms with Crippen LogP contribution in [0.3, 0.4) is 0 Å². The number of nitrogens with zero attached hydrogens (tertiary/aromatic N) is 1. The van der Waals surface area contributed by atoms with Gasteiger partial charge in [-0.25, -0.2) is 4.90 Å². The van der Waals surface area contributed by atoms with Gasteiger partial charge in [-0.2, -0.15) is 0 Å². The van der Waals surface area contributed by atoms with E-state index in [0.717, 1.165) is 22.2 Å². The number of ether oxygens (including phenoxy) is 2. The smallest absolute Gasteiger partial charge is 0.298 e. The van der Waals surface area contributed by atoms with Gasteiger partial charge in [0.15, 0.2) is 11.5 Å². The Morgan fingerprint density at radius 2 is 1.84 bits per heavy atom. The molecule has 1 aliphatic rings. The average Bonchev–Trinajstić information content (AvgIpc) is 3.06. The Labute approximate surface area is 194 Å². The molecule has 1 fully saturated rings. The summed E-state index contributed by atoms with van der Waals surface area (Å²) in [7, 11) is 1.53. The van der Waals surface area contributed by atoms with E-state index in [0.29, 0.717) is 27.8 Å². The molecule has 1 aliphatic heterocycles. The highest BCUT2D eigenvalue weighted by Crippen LogP contribution is 2.37. The number of thioether (sulfide) groups is 1. The van der Waals surface area contributed by atoms with Crippen LogP contribution in [0, 0.1) is 0 Å². The van der Waals surface area contributed by atoms with Crippen LogP contribution < -0.4 is 14.4 Å². The number of phenols is 1. The maximum absolute atomic E-state index is 12.8. The number of hydrogen-bond donors (Lipinski definition) is 1. The Morgan fingerprint density at radius 3 is 2.59 bits per heavy atom. The summed E-state index contributed by atoms with van der Waals surface area (Å²) in [5.74, 6) is 0.529. The lowest BCUT2D eigenvalue weighted by Crippen LogP contribution is -2.27. The largest absolute Gasteiger partial charge is 0.508 e. The molecule has 3 aromatic rings. The molecular weight excluding hydrogens is 450 g/mol. The molecule has 1 saturated heterocycles. The van der Waals surface area contributed by atoms with Crippen molar-refractivity contribution in [3.05, 3.63) is 87.8 Å². The number of hydrogen-bond acceptors (Lipinski definition) is 6. The molecule has 0 aliphatic carbocycles. The fourth-order valence-electron chi connectivity index (χ4n) is 3.14. The molecule has 3 aromatic carbocycles. The summed E-state index contributed by atoms with van der Waals surface area (Å²) in [5.41, 5.74) is 1.84. The van der Waals surface area contributed by atoms with Crippen LogP contribution >= 0.6 is 23.4 Å². The minimum Gasteiger partial charge on any atom is -0.508 e. The second kappa shape index (κ2) is 9.38. The van der Waals surface area contributed by atoms with E-state index in [4.69, 9.17) is 21.1 Å². The minimum atomic E-state index is -0.455. The summed E-state index contributed by atoms with van der Waals surface area (Å²) in [6.45, 7) is 0.276. The number of anilines is 1. The molecule has 4 rings (SSSR count). The summed E-state index contributed by atoms with van der Waals surface area (Å²) in [5, 5.41) is 9.84. The SMILES string of the molecule is COc1cc(/C=C2\SC(=O)N(c3cccc(O)c3)C2=O)ccc1OCc1ccccc1Cl. The van der Waals surface area contributed by atoms with Crippen LogP contribution in [-0.4, -0.2) is 23.4 Å². The lowest BCUT2D eigenvalue weighted by molar-refractivity contribution is -0.113. The van der Waals surface area contributed by atoms with E-state index in [1.54, 1.807) is 42.5 Å². The van der Waals surface area contributed by atoms with E-state index in [-0.39, 0.29) is 17.3 Å². The third-order valence-corrected chi connectivity index (χ3v) is 5.95. The van der Waals surface area contributed by atoms with Crippen LogP contribution in [0.1, 0.15) is 11.1 Å². The molecule has 2 amide bonds. The van der Waals surface area contributed by atoms with E-state index in [2.05, 4.69) is 0 Å². The average molecular weight is 468 g/mol. The van der Waals surface area contributed by atoms with Crippen molar-refractivity contribution in [1.82, 2.24) is 0 Å². The van der Waals surface area contributed by atoms with Gasteiger partial charge < -0.3 is 14.6 Å². The number of rotatable bonds is 6. The number of amides is 2. The van der Waals surface area contributed by atoms with E-state index >= 15 is 0 Å². The van der Waals surface area contributed by atoms with Crippen LogP contribution in [0.2, 0.25) is 5.02 Å². The fraction of sp³-hybridized carbons (Fsp3) is 0.0833. The molecule has 0 saturated carbocycles. The second-order valence-electron chi connectivity index (χ2n) is 6.83. The topological polar surface area (TPSA) is 76.1 Å². The Hall–Kier alpha value is -3.42. The molecule has 6 nitrogen and oxygen atoms in total. The molecule has 0 spiro atoms. The highest BCUT2D eigenvalue weighted by atomic mass is 35.5. The van der Waals surface area contributed by atoms with Crippen molar-refractivity contribution >= 4 is 46.3 Å². The van der Waals surface area contributed by atoms with Crippen molar-refractivity contribution in [2.45, 2.75) is 6.61 Å². The van der Waals surface area contributed by atoms with Gasteiger partial charge in [0.05, 0.1) is 17.7 Å². The van der Waals surface area contributed by atoms with Gasteiger partial charge in [0.1, 0.15) is 12.4 Å². The number of halogens is 1. The first-order valence-electron chi connectivity index (χ1n) is 9.57. The van der Waals surface area contributed by atoms with Crippen LogP contribution in [0.15, 0.2) is 71.6 Å². The molecule has 0 aromatic heterocycles. The molecule has 1 heterocycles. The summed E-state index contributed by atoms with van der Waals surface area (Å²) < 4.78 is 11.3. The molecule has 32 heavy (non-hydrogen) atoms. The summed E-state index contributed by atoms with van der Waals surface area (Å²) in [4.78, 5) is 26.5. The number of methoxy groups -OCH3 is 1. The third kappa shape index (κ3) is 4.59. The molecule has 0 unspecified atom stereocenters. The van der Waals surface area contributed by atoms with Crippen molar-refractivity contribution in [2.75, 3.05) is 12.0 Å². The molecule has 1 N–H and O–H groups in total. The van der Waals surface area contributed by atoms with Crippen molar-refractivity contribution in [1.29, 1.82) is 0 Å². The van der Waals surface area contributed by atoms with E-state index in [9.17, 15) is 14.7 Å². The molecule has 0 radical (unpaired) electrons. The van der Waals surface area contributed by atoms with Gasteiger partial charge in [0.25, 0.3) is 11.1 Å². The fourth-order valence-corrected chi connectivity index (χ4v) is 4.17. The maximum Gasteiger partial charge on any atom is 0.298 e. The summed E-state index contributed by atoms with van der Waals surface area (Å²) >= 11 is 7.01. The molecule has 0 bridgehead atoms. The van der Waals surface area contributed by atoms with Crippen LogP contribution in [0.4, 0.5) is 10.5 Å². The molecule has 8 heteroatoms. The Morgan fingerprint density at radius 1 is 1.03 bits per heavy atom. The number of benzene rings is 3. The van der Waals surface area contributed by atoms with Crippen molar-refractivity contribution in [3.63, 3.8) is 0 Å². The number of phenolic OH excluding ortho intramolecular Hbond substituents is 1. The summed E-state index contributed by atoms with van der Waals surface area (Å²) in [6.07, 6.45) is 1.62. The van der Waals surface area contributed by atoms with Gasteiger partial charge in [-0.3, -0.25) is 9.59 Å². The summed E-state index contributed by atoms with van der Waals surface area (Å²) in [6, 6.07) is 18.6. The van der Waals surface area contributed by atoms with Crippen LogP contribution in [0.25, 0.3) is 6.08 Å². The number of imide groups is 1. The van der Waals surface area contributed by atoms with Gasteiger partial charge in [0, 0.05) is 16.7 Å². The normalized spacial score (nSPS) is 14.8. The highest BCUT2D eigenvalue weighted by molar-refractivity contribution is 8.19. The Kier molecular flexibility index (Phi) is 6.39. The van der Waals surface area contributed by atoms with E-state index < -0.39 is 11.1 Å². The lowest BCUT2D eigenvalue weighted by atomic mass is 10.1. The number of carbonyl (C=O) groups excluding carboxylic acids is 2. The van der Waals surface area contributed by atoms with E-state index in [1.807, 2.05) is 18.2 Å². The van der Waals surface area contributed by atoms with Gasteiger partial charge in [-0.05, 0) is 53.7 Å².